The van der Waals surface area contributed by atoms with E-state index >= 15 is 0 Å². The number of phenols is 1. The van der Waals surface area contributed by atoms with Gasteiger partial charge in [-0.05, 0) is 37.1 Å². The van der Waals surface area contributed by atoms with Gasteiger partial charge in [0, 0.05) is 6.20 Å². The Morgan fingerprint density at radius 2 is 2.06 bits per heavy atom. The molecule has 0 saturated carbocycles. The van der Waals surface area contributed by atoms with Crippen LogP contribution in [-0.2, 0) is 0 Å². The summed E-state index contributed by atoms with van der Waals surface area (Å²) < 4.78 is 0. The van der Waals surface area contributed by atoms with E-state index < -0.39 is 0 Å². The topological polar surface area (TPSA) is 62.2 Å². The fourth-order valence-electron chi connectivity index (χ4n) is 1.66. The van der Waals surface area contributed by atoms with Crippen LogP contribution in [-0.4, -0.2) is 16.0 Å². The van der Waals surface area contributed by atoms with Crippen LogP contribution in [0.2, 0.25) is 0 Å². The van der Waals surface area contributed by atoms with E-state index in [1.165, 1.54) is 0 Å². The molecule has 4 heteroatoms. The maximum atomic E-state index is 12.0. The summed E-state index contributed by atoms with van der Waals surface area (Å²) in [5, 5.41) is 12.5. The van der Waals surface area contributed by atoms with E-state index in [1.807, 2.05) is 13.0 Å². The minimum atomic E-state index is -0.344. The molecule has 0 bridgehead atoms. The van der Waals surface area contributed by atoms with Gasteiger partial charge in [-0.15, -0.1) is 0 Å². The Bertz CT molecular complexity index is 594. The quantitative estimate of drug-likeness (QED) is 0.851. The Balaban J connectivity index is 2.25. The second-order valence-corrected chi connectivity index (χ2v) is 4.18. The van der Waals surface area contributed by atoms with Crippen LogP contribution in [0.5, 0.6) is 5.75 Å². The van der Waals surface area contributed by atoms with Crippen molar-refractivity contribution >= 4 is 11.6 Å². The van der Waals surface area contributed by atoms with E-state index in [0.717, 1.165) is 5.56 Å². The van der Waals surface area contributed by atoms with Crippen LogP contribution in [0.25, 0.3) is 0 Å². The molecule has 2 rings (SSSR count). The maximum Gasteiger partial charge on any atom is 0.259 e. The molecule has 92 valence electrons. The molecular formula is C14H14N2O2. The van der Waals surface area contributed by atoms with E-state index in [0.29, 0.717) is 11.3 Å². The second kappa shape index (κ2) is 4.87. The molecule has 0 atom stereocenters. The molecule has 0 aliphatic rings. The van der Waals surface area contributed by atoms with Crippen molar-refractivity contribution in [3.05, 3.63) is 53.3 Å². The summed E-state index contributed by atoms with van der Waals surface area (Å²) in [5.41, 5.74) is 2.50. The minimum absolute atomic E-state index is 0.00983. The second-order valence-electron chi connectivity index (χ2n) is 4.18. The molecule has 0 unspecified atom stereocenters. The molecule has 18 heavy (non-hydrogen) atoms. The van der Waals surface area contributed by atoms with Gasteiger partial charge in [-0.3, -0.25) is 9.78 Å². The Morgan fingerprint density at radius 3 is 2.78 bits per heavy atom. The zero-order valence-electron chi connectivity index (χ0n) is 10.3. The number of rotatable bonds is 2. The fraction of sp³-hybridized carbons (Fsp3) is 0.143. The first-order valence-corrected chi connectivity index (χ1v) is 5.59. The van der Waals surface area contributed by atoms with Gasteiger partial charge in [0.05, 0.1) is 17.4 Å². The Morgan fingerprint density at radius 1 is 1.28 bits per heavy atom. The summed E-state index contributed by atoms with van der Waals surface area (Å²) in [7, 11) is 0. The summed E-state index contributed by atoms with van der Waals surface area (Å²) in [6.45, 7) is 3.65. The highest BCUT2D eigenvalue weighted by Gasteiger charge is 2.12. The largest absolute Gasteiger partial charge is 0.507 e. The Kier molecular flexibility index (Phi) is 3.28. The van der Waals surface area contributed by atoms with Gasteiger partial charge in [-0.1, -0.05) is 12.1 Å². The van der Waals surface area contributed by atoms with Gasteiger partial charge in [0.25, 0.3) is 5.91 Å². The van der Waals surface area contributed by atoms with Crippen molar-refractivity contribution in [1.29, 1.82) is 0 Å². The average Bonchev–Trinajstić information content (AvgIpc) is 2.32. The number of anilines is 1. The number of hydrogen-bond donors (Lipinski definition) is 2. The first kappa shape index (κ1) is 12.1. The minimum Gasteiger partial charge on any atom is -0.507 e. The van der Waals surface area contributed by atoms with Gasteiger partial charge in [0.15, 0.2) is 0 Å². The number of aryl methyl sites for hydroxylation is 2. The van der Waals surface area contributed by atoms with Crippen molar-refractivity contribution < 1.29 is 9.90 Å². The normalized spacial score (nSPS) is 10.1. The number of carbonyl (C=O) groups excluding carboxylic acids is 1. The van der Waals surface area contributed by atoms with Crippen LogP contribution in [0.4, 0.5) is 5.69 Å². The molecule has 0 radical (unpaired) electrons. The van der Waals surface area contributed by atoms with Crippen LogP contribution in [0.1, 0.15) is 21.5 Å². The number of carbonyl (C=O) groups is 1. The lowest BCUT2D eigenvalue weighted by atomic mass is 10.1. The molecule has 2 aromatic rings. The van der Waals surface area contributed by atoms with E-state index in [-0.39, 0.29) is 17.2 Å². The summed E-state index contributed by atoms with van der Waals surface area (Å²) in [6.07, 6.45) is 3.28. The number of aromatic hydroxyl groups is 1. The van der Waals surface area contributed by atoms with Gasteiger partial charge < -0.3 is 10.4 Å². The zero-order chi connectivity index (χ0) is 13.1. The molecule has 1 aromatic heterocycles. The summed E-state index contributed by atoms with van der Waals surface area (Å²) in [5.74, 6) is -0.334. The summed E-state index contributed by atoms with van der Waals surface area (Å²) in [4.78, 5) is 16.0. The molecule has 0 aliphatic heterocycles. The number of nitrogens with zero attached hydrogens (tertiary/aromatic N) is 1. The predicted molar refractivity (Wildman–Crippen MR) is 69.8 cm³/mol. The van der Waals surface area contributed by atoms with Crippen LogP contribution in [0, 0.1) is 13.8 Å². The number of benzene rings is 1. The highest BCUT2D eigenvalue weighted by atomic mass is 16.3. The molecule has 0 aliphatic carbocycles. The first-order chi connectivity index (χ1) is 8.58. The van der Waals surface area contributed by atoms with Crippen LogP contribution >= 0.6 is 0 Å². The van der Waals surface area contributed by atoms with Crippen molar-refractivity contribution in [3.63, 3.8) is 0 Å². The highest BCUT2D eigenvalue weighted by Crippen LogP contribution is 2.22. The monoisotopic (exact) mass is 242 g/mol. The molecule has 4 nitrogen and oxygen atoms in total. The predicted octanol–water partition coefficient (Wildman–Crippen LogP) is 2.66. The van der Waals surface area contributed by atoms with E-state index in [4.69, 9.17) is 0 Å². The van der Waals surface area contributed by atoms with Gasteiger partial charge in [0.1, 0.15) is 5.75 Å². The summed E-state index contributed by atoms with van der Waals surface area (Å²) in [6, 6.07) is 6.89. The first-order valence-electron chi connectivity index (χ1n) is 5.59. The average molecular weight is 242 g/mol. The lowest BCUT2D eigenvalue weighted by Crippen LogP contribution is -2.12. The van der Waals surface area contributed by atoms with Crippen LogP contribution in [0.15, 0.2) is 36.7 Å². The van der Waals surface area contributed by atoms with Crippen molar-refractivity contribution in [3.8, 4) is 5.75 Å². The Hall–Kier alpha value is -2.36. The fourth-order valence-corrected chi connectivity index (χ4v) is 1.66. The molecule has 0 spiro atoms. The maximum absolute atomic E-state index is 12.0. The van der Waals surface area contributed by atoms with Gasteiger partial charge in [-0.2, -0.15) is 0 Å². The lowest BCUT2D eigenvalue weighted by Gasteiger charge is -2.08. The number of phenolic OH excluding ortho intramolecular Hbond substituents is 1. The molecule has 0 saturated heterocycles. The number of pyridine rings is 1. The molecule has 1 aromatic carbocycles. The number of nitrogens with one attached hydrogen (secondary N) is 1. The SMILES string of the molecule is Cc1cncc(NC(=O)c2cccc(C)c2O)c1. The number of hydrogen-bond acceptors (Lipinski definition) is 3. The van der Waals surface area contributed by atoms with E-state index in [2.05, 4.69) is 10.3 Å². The van der Waals surface area contributed by atoms with Gasteiger partial charge in [-0.25, -0.2) is 0 Å². The number of aromatic nitrogens is 1. The van der Waals surface area contributed by atoms with Gasteiger partial charge >= 0.3 is 0 Å². The van der Waals surface area contributed by atoms with Crippen molar-refractivity contribution in [1.82, 2.24) is 4.98 Å². The third kappa shape index (κ3) is 2.48. The van der Waals surface area contributed by atoms with Gasteiger partial charge in [0.2, 0.25) is 0 Å². The molecular weight excluding hydrogens is 228 g/mol. The molecule has 1 heterocycles. The molecule has 2 N–H and O–H groups in total. The van der Waals surface area contributed by atoms with E-state index in [9.17, 15) is 9.90 Å². The van der Waals surface area contributed by atoms with Crippen LogP contribution in [0.3, 0.4) is 0 Å². The van der Waals surface area contributed by atoms with Crippen molar-refractivity contribution in [2.75, 3.05) is 5.32 Å². The molecule has 1 amide bonds. The van der Waals surface area contributed by atoms with E-state index in [1.54, 1.807) is 37.5 Å². The summed E-state index contributed by atoms with van der Waals surface area (Å²) >= 11 is 0. The van der Waals surface area contributed by atoms with Crippen LogP contribution < -0.4 is 5.32 Å². The molecule has 0 fully saturated rings. The lowest BCUT2D eigenvalue weighted by molar-refractivity contribution is 0.102. The standard InChI is InChI=1S/C14H14N2O2/c1-9-6-11(8-15-7-9)16-14(18)12-5-3-4-10(2)13(12)17/h3-8,17H,1-2H3,(H,16,18). The number of amides is 1. The van der Waals surface area contributed by atoms with Crippen molar-refractivity contribution in [2.45, 2.75) is 13.8 Å². The number of para-hydroxylation sites is 1. The zero-order valence-corrected chi connectivity index (χ0v) is 10.3. The highest BCUT2D eigenvalue weighted by molar-refractivity contribution is 6.06. The third-order valence-electron chi connectivity index (χ3n) is 2.62. The Labute approximate surface area is 105 Å². The van der Waals surface area contributed by atoms with Crippen molar-refractivity contribution in [2.24, 2.45) is 0 Å². The smallest absolute Gasteiger partial charge is 0.259 e. The third-order valence-corrected chi connectivity index (χ3v) is 2.62.